The Bertz CT molecular complexity index is 856. The van der Waals surface area contributed by atoms with Gasteiger partial charge in [0.25, 0.3) is 11.1 Å². The van der Waals surface area contributed by atoms with E-state index in [0.29, 0.717) is 23.9 Å². The van der Waals surface area contributed by atoms with Crippen molar-refractivity contribution >= 4 is 29.0 Å². The van der Waals surface area contributed by atoms with Gasteiger partial charge in [-0.05, 0) is 48.9 Å². The summed E-state index contributed by atoms with van der Waals surface area (Å²) in [5.74, 6) is 1.13. The van der Waals surface area contributed by atoms with Crippen LogP contribution in [0.25, 0.3) is 6.08 Å². The number of ether oxygens (including phenoxy) is 2. The minimum absolute atomic E-state index is 0.359. The van der Waals surface area contributed by atoms with Gasteiger partial charge < -0.3 is 9.47 Å². The zero-order valence-electron chi connectivity index (χ0n) is 14.6. The van der Waals surface area contributed by atoms with Gasteiger partial charge in [0.05, 0.1) is 4.91 Å². The van der Waals surface area contributed by atoms with Crippen molar-refractivity contribution in [3.05, 3.63) is 64.1 Å². The first-order chi connectivity index (χ1) is 12.5. The molecule has 26 heavy (non-hydrogen) atoms. The molecule has 1 heterocycles. The fraction of sp³-hybridized carbons (Fsp3) is 0.200. The van der Waals surface area contributed by atoms with Crippen molar-refractivity contribution < 1.29 is 19.1 Å². The van der Waals surface area contributed by atoms with Crippen LogP contribution in [0.4, 0.5) is 4.79 Å². The average Bonchev–Trinajstić information content (AvgIpc) is 2.92. The minimum atomic E-state index is -0.381. The van der Waals surface area contributed by atoms with E-state index in [1.54, 1.807) is 6.08 Å². The first kappa shape index (κ1) is 18.1. The predicted molar refractivity (Wildman–Crippen MR) is 102 cm³/mol. The highest BCUT2D eigenvalue weighted by Gasteiger charge is 2.25. The number of para-hydroxylation sites is 2. The van der Waals surface area contributed by atoms with Gasteiger partial charge in [-0.1, -0.05) is 36.4 Å². The summed E-state index contributed by atoms with van der Waals surface area (Å²) in [5.41, 5.74) is 2.92. The molecule has 6 heteroatoms. The largest absolute Gasteiger partial charge is 0.489 e. The van der Waals surface area contributed by atoms with Gasteiger partial charge in [0.1, 0.15) is 24.7 Å². The molecule has 1 aliphatic heterocycles. The van der Waals surface area contributed by atoms with Crippen molar-refractivity contribution in [2.75, 3.05) is 13.2 Å². The number of carbonyl (C=O) groups excluding carboxylic acids is 2. The smallest absolute Gasteiger partial charge is 0.290 e. The standard InChI is InChI=1S/C20H19NO4S/c1-13-6-5-7-14(2)18(13)25-11-10-24-16-9-4-3-8-15(16)12-17-19(22)21-20(23)26-17/h3-9,12H,10-11H2,1-2H3,(H,21,22,23)/b17-12-. The molecule has 0 aliphatic carbocycles. The molecule has 5 nitrogen and oxygen atoms in total. The highest BCUT2D eigenvalue weighted by molar-refractivity contribution is 8.18. The number of nitrogens with one attached hydrogen (secondary N) is 1. The molecule has 0 aromatic heterocycles. The molecular weight excluding hydrogens is 350 g/mol. The quantitative estimate of drug-likeness (QED) is 0.614. The maximum atomic E-state index is 11.7. The molecule has 1 fully saturated rings. The normalized spacial score (nSPS) is 15.2. The van der Waals surface area contributed by atoms with Gasteiger partial charge >= 0.3 is 0 Å². The van der Waals surface area contributed by atoms with Crippen molar-refractivity contribution in [1.82, 2.24) is 5.32 Å². The van der Waals surface area contributed by atoms with E-state index >= 15 is 0 Å². The Labute approximate surface area is 156 Å². The second-order valence-corrected chi connectivity index (χ2v) is 6.82. The number of hydrogen-bond acceptors (Lipinski definition) is 5. The Balaban J connectivity index is 1.63. The number of amides is 2. The van der Waals surface area contributed by atoms with Crippen LogP contribution in [-0.2, 0) is 4.79 Å². The SMILES string of the molecule is Cc1cccc(C)c1OCCOc1ccccc1/C=C1\SC(=O)NC1=O. The van der Waals surface area contributed by atoms with Gasteiger partial charge in [-0.15, -0.1) is 0 Å². The van der Waals surface area contributed by atoms with Crippen LogP contribution in [-0.4, -0.2) is 24.4 Å². The van der Waals surface area contributed by atoms with Crippen LogP contribution in [0.1, 0.15) is 16.7 Å². The number of rotatable bonds is 6. The Kier molecular flexibility index (Phi) is 5.63. The summed E-state index contributed by atoms with van der Waals surface area (Å²) < 4.78 is 11.7. The van der Waals surface area contributed by atoms with Gasteiger partial charge in [0.15, 0.2) is 0 Å². The number of aryl methyl sites for hydroxylation is 2. The van der Waals surface area contributed by atoms with E-state index in [1.165, 1.54) is 0 Å². The van der Waals surface area contributed by atoms with E-state index in [0.717, 1.165) is 34.2 Å². The number of imide groups is 1. The van der Waals surface area contributed by atoms with Crippen LogP contribution in [0, 0.1) is 13.8 Å². The molecule has 1 N–H and O–H groups in total. The molecule has 3 rings (SSSR count). The van der Waals surface area contributed by atoms with Crippen LogP contribution in [0.15, 0.2) is 47.4 Å². The summed E-state index contributed by atoms with van der Waals surface area (Å²) >= 11 is 0.887. The second-order valence-electron chi connectivity index (χ2n) is 5.81. The van der Waals surface area contributed by atoms with Crippen LogP contribution < -0.4 is 14.8 Å². The summed E-state index contributed by atoms with van der Waals surface area (Å²) in [6.07, 6.45) is 1.66. The molecule has 0 atom stereocenters. The summed E-state index contributed by atoms with van der Waals surface area (Å²) in [7, 11) is 0. The van der Waals surface area contributed by atoms with Gasteiger partial charge in [-0.2, -0.15) is 0 Å². The first-order valence-electron chi connectivity index (χ1n) is 8.20. The van der Waals surface area contributed by atoms with Gasteiger partial charge in [-0.3, -0.25) is 14.9 Å². The van der Waals surface area contributed by atoms with Gasteiger partial charge in [0, 0.05) is 5.56 Å². The maximum absolute atomic E-state index is 11.7. The second kappa shape index (κ2) is 8.10. The zero-order chi connectivity index (χ0) is 18.5. The summed E-state index contributed by atoms with van der Waals surface area (Å²) in [4.78, 5) is 23.3. The Morgan fingerprint density at radius 3 is 2.35 bits per heavy atom. The maximum Gasteiger partial charge on any atom is 0.290 e. The van der Waals surface area contributed by atoms with Gasteiger partial charge in [0.2, 0.25) is 0 Å². The first-order valence-corrected chi connectivity index (χ1v) is 9.02. The van der Waals surface area contributed by atoms with E-state index in [-0.39, 0.29) is 11.1 Å². The van der Waals surface area contributed by atoms with Crippen LogP contribution in [0.2, 0.25) is 0 Å². The molecule has 2 aromatic rings. The molecule has 134 valence electrons. The summed E-state index contributed by atoms with van der Waals surface area (Å²) in [6, 6.07) is 13.4. The molecule has 0 saturated carbocycles. The van der Waals surface area contributed by atoms with E-state index < -0.39 is 0 Å². The molecule has 0 radical (unpaired) electrons. The molecular formula is C20H19NO4S. The van der Waals surface area contributed by atoms with Crippen molar-refractivity contribution in [2.45, 2.75) is 13.8 Å². The highest BCUT2D eigenvalue weighted by atomic mass is 32.2. The van der Waals surface area contributed by atoms with Crippen molar-refractivity contribution in [3.63, 3.8) is 0 Å². The lowest BCUT2D eigenvalue weighted by molar-refractivity contribution is -0.115. The molecule has 2 amide bonds. The third-order valence-corrected chi connectivity index (χ3v) is 4.65. The number of hydrogen-bond donors (Lipinski definition) is 1. The number of thioether (sulfide) groups is 1. The van der Waals surface area contributed by atoms with Crippen LogP contribution >= 0.6 is 11.8 Å². The molecule has 1 saturated heterocycles. The molecule has 0 unspecified atom stereocenters. The number of benzene rings is 2. The lowest BCUT2D eigenvalue weighted by Gasteiger charge is -2.13. The third-order valence-electron chi connectivity index (χ3n) is 3.84. The Hall–Kier alpha value is -2.73. The van der Waals surface area contributed by atoms with Crippen molar-refractivity contribution in [2.24, 2.45) is 0 Å². The minimum Gasteiger partial charge on any atom is -0.489 e. The van der Waals surface area contributed by atoms with Crippen LogP contribution in [0.3, 0.4) is 0 Å². The third kappa shape index (κ3) is 4.26. The van der Waals surface area contributed by atoms with E-state index in [1.807, 2.05) is 56.3 Å². The lowest BCUT2D eigenvalue weighted by atomic mass is 10.1. The van der Waals surface area contributed by atoms with E-state index in [2.05, 4.69) is 5.32 Å². The van der Waals surface area contributed by atoms with Crippen LogP contribution in [0.5, 0.6) is 11.5 Å². The molecule has 1 aliphatic rings. The van der Waals surface area contributed by atoms with Gasteiger partial charge in [-0.25, -0.2) is 0 Å². The van der Waals surface area contributed by atoms with E-state index in [4.69, 9.17) is 9.47 Å². The predicted octanol–water partition coefficient (Wildman–Crippen LogP) is 4.09. The van der Waals surface area contributed by atoms with Crippen molar-refractivity contribution in [1.29, 1.82) is 0 Å². The fourth-order valence-corrected chi connectivity index (χ4v) is 3.29. The van der Waals surface area contributed by atoms with Crippen molar-refractivity contribution in [3.8, 4) is 11.5 Å². The highest BCUT2D eigenvalue weighted by Crippen LogP contribution is 2.29. The molecule has 0 spiro atoms. The molecule has 2 aromatic carbocycles. The monoisotopic (exact) mass is 369 g/mol. The summed E-state index contributed by atoms with van der Waals surface area (Å²) in [5, 5.41) is 1.88. The van der Waals surface area contributed by atoms with E-state index in [9.17, 15) is 9.59 Å². The number of carbonyl (C=O) groups is 2. The zero-order valence-corrected chi connectivity index (χ0v) is 15.4. The topological polar surface area (TPSA) is 64.6 Å². The average molecular weight is 369 g/mol. The lowest BCUT2D eigenvalue weighted by Crippen LogP contribution is -2.17. The Morgan fingerprint density at radius 1 is 0.962 bits per heavy atom. The summed E-state index contributed by atoms with van der Waals surface area (Å²) in [6.45, 7) is 4.79. The molecule has 0 bridgehead atoms. The fourth-order valence-electron chi connectivity index (χ4n) is 2.62. The Morgan fingerprint density at radius 2 is 1.65 bits per heavy atom.